The smallest absolute Gasteiger partial charge is 0.320 e. The van der Waals surface area contributed by atoms with E-state index in [1.165, 1.54) is 17.2 Å². The topological polar surface area (TPSA) is 183 Å². The van der Waals surface area contributed by atoms with Crippen LogP contribution in [0.2, 0.25) is 0 Å². The molecule has 2 aromatic heterocycles. The van der Waals surface area contributed by atoms with Crippen LogP contribution >= 0.6 is 0 Å². The van der Waals surface area contributed by atoms with Crippen LogP contribution in [0.25, 0.3) is 11.2 Å². The first-order chi connectivity index (χ1) is 13.3. The Morgan fingerprint density at radius 1 is 1.32 bits per heavy atom. The SMILES string of the molecule is C#C[C@@H](CC[C@H](N)C(=O)O)C[C@H]1O[C@@H](n2cnc3c(N)ncnc32)[C@H](O)[C@@H]1O. The van der Waals surface area contributed by atoms with Crippen LogP contribution in [0.15, 0.2) is 12.7 Å². The number of fused-ring (bicyclic) bond motifs is 1. The van der Waals surface area contributed by atoms with E-state index in [0.29, 0.717) is 17.6 Å². The number of imidazole rings is 1. The van der Waals surface area contributed by atoms with Crippen molar-refractivity contribution < 1.29 is 24.9 Å². The van der Waals surface area contributed by atoms with E-state index in [0.717, 1.165) is 0 Å². The van der Waals surface area contributed by atoms with Crippen molar-refractivity contribution in [3.8, 4) is 12.3 Å². The molecule has 0 amide bonds. The molecule has 1 saturated heterocycles. The number of aromatic nitrogens is 4. The predicted molar refractivity (Wildman–Crippen MR) is 97.4 cm³/mol. The van der Waals surface area contributed by atoms with Crippen LogP contribution < -0.4 is 11.5 Å². The summed E-state index contributed by atoms with van der Waals surface area (Å²) in [5, 5.41) is 29.7. The Hall–Kier alpha value is -2.78. The number of rotatable bonds is 7. The zero-order chi connectivity index (χ0) is 20.4. The van der Waals surface area contributed by atoms with Gasteiger partial charge in [0.2, 0.25) is 0 Å². The first kappa shape index (κ1) is 20.0. The van der Waals surface area contributed by atoms with Gasteiger partial charge in [0.15, 0.2) is 17.7 Å². The van der Waals surface area contributed by atoms with Crippen molar-refractivity contribution in [2.24, 2.45) is 11.7 Å². The molecule has 1 aliphatic heterocycles. The molecule has 6 atom stereocenters. The number of hydrogen-bond donors (Lipinski definition) is 5. The maximum atomic E-state index is 10.8. The second-order valence-corrected chi connectivity index (χ2v) is 6.75. The van der Waals surface area contributed by atoms with Gasteiger partial charge in [0.05, 0.1) is 12.4 Å². The van der Waals surface area contributed by atoms with E-state index in [9.17, 15) is 15.0 Å². The third kappa shape index (κ3) is 3.76. The highest BCUT2D eigenvalue weighted by Gasteiger charge is 2.44. The minimum Gasteiger partial charge on any atom is -0.480 e. The zero-order valence-electron chi connectivity index (χ0n) is 14.9. The average Bonchev–Trinajstić information content (AvgIpc) is 3.21. The molecular weight excluding hydrogens is 368 g/mol. The van der Waals surface area contributed by atoms with Gasteiger partial charge in [0.25, 0.3) is 0 Å². The summed E-state index contributed by atoms with van der Waals surface area (Å²) in [7, 11) is 0. The van der Waals surface area contributed by atoms with Crippen LogP contribution in [0.1, 0.15) is 25.5 Å². The van der Waals surface area contributed by atoms with Gasteiger partial charge in [0.1, 0.15) is 30.1 Å². The van der Waals surface area contributed by atoms with Gasteiger partial charge in [-0.1, -0.05) is 0 Å². The third-order valence-corrected chi connectivity index (χ3v) is 4.89. The number of nitrogen functional groups attached to an aromatic ring is 1. The van der Waals surface area contributed by atoms with Crippen molar-refractivity contribution in [3.63, 3.8) is 0 Å². The van der Waals surface area contributed by atoms with Crippen molar-refractivity contribution in [1.29, 1.82) is 0 Å². The molecule has 3 rings (SSSR count). The fraction of sp³-hybridized carbons (Fsp3) is 0.529. The highest BCUT2D eigenvalue weighted by molar-refractivity contribution is 5.81. The van der Waals surface area contributed by atoms with E-state index >= 15 is 0 Å². The summed E-state index contributed by atoms with van der Waals surface area (Å²) in [6, 6.07) is -1.01. The van der Waals surface area contributed by atoms with Gasteiger partial charge < -0.3 is 31.5 Å². The van der Waals surface area contributed by atoms with Crippen molar-refractivity contribution in [2.75, 3.05) is 5.73 Å². The molecule has 0 aromatic carbocycles. The number of carbonyl (C=O) groups is 1. The summed E-state index contributed by atoms with van der Waals surface area (Å²) in [5.74, 6) is 1.29. The van der Waals surface area contributed by atoms with Crippen molar-refractivity contribution >= 4 is 23.0 Å². The number of aliphatic hydroxyl groups is 2. The van der Waals surface area contributed by atoms with Crippen LogP contribution in [0.5, 0.6) is 0 Å². The van der Waals surface area contributed by atoms with Crippen LogP contribution in [0, 0.1) is 18.3 Å². The number of nitrogens with two attached hydrogens (primary N) is 2. The second-order valence-electron chi connectivity index (χ2n) is 6.75. The Labute approximate surface area is 160 Å². The van der Waals surface area contributed by atoms with Gasteiger partial charge in [-0.05, 0) is 19.3 Å². The summed E-state index contributed by atoms with van der Waals surface area (Å²) >= 11 is 0. The molecule has 1 aliphatic rings. The molecule has 0 spiro atoms. The zero-order valence-corrected chi connectivity index (χ0v) is 14.9. The molecule has 1 fully saturated rings. The Kier molecular flexibility index (Phi) is 5.76. The van der Waals surface area contributed by atoms with E-state index < -0.39 is 36.6 Å². The summed E-state index contributed by atoms with van der Waals surface area (Å²) in [4.78, 5) is 22.9. The lowest BCUT2D eigenvalue weighted by atomic mass is 9.93. The fourth-order valence-electron chi connectivity index (χ4n) is 3.26. The van der Waals surface area contributed by atoms with Gasteiger partial charge in [-0.15, -0.1) is 12.3 Å². The number of aliphatic hydroxyl groups excluding tert-OH is 2. The number of anilines is 1. The van der Waals surface area contributed by atoms with Crippen molar-refractivity contribution in [2.45, 2.75) is 49.8 Å². The van der Waals surface area contributed by atoms with E-state index in [-0.39, 0.29) is 24.6 Å². The monoisotopic (exact) mass is 390 g/mol. The number of nitrogens with zero attached hydrogens (tertiary/aromatic N) is 4. The molecule has 0 aliphatic carbocycles. The van der Waals surface area contributed by atoms with Crippen LogP contribution in [-0.4, -0.2) is 65.2 Å². The maximum absolute atomic E-state index is 10.8. The molecule has 0 bridgehead atoms. The minimum absolute atomic E-state index is 0.190. The minimum atomic E-state index is -1.24. The molecule has 28 heavy (non-hydrogen) atoms. The summed E-state index contributed by atoms with van der Waals surface area (Å²) < 4.78 is 7.32. The molecule has 2 aromatic rings. The summed E-state index contributed by atoms with van der Waals surface area (Å²) in [6.45, 7) is 0. The van der Waals surface area contributed by atoms with Gasteiger partial charge in [-0.25, -0.2) is 15.0 Å². The Morgan fingerprint density at radius 3 is 2.75 bits per heavy atom. The first-order valence-corrected chi connectivity index (χ1v) is 8.72. The molecule has 150 valence electrons. The van der Waals surface area contributed by atoms with E-state index in [1.807, 2.05) is 0 Å². The van der Waals surface area contributed by atoms with Gasteiger partial charge >= 0.3 is 5.97 Å². The summed E-state index contributed by atoms with van der Waals surface area (Å²) in [5.41, 5.74) is 12.0. The van der Waals surface area contributed by atoms with Crippen molar-refractivity contribution in [1.82, 2.24) is 19.5 Å². The maximum Gasteiger partial charge on any atom is 0.320 e. The van der Waals surface area contributed by atoms with Gasteiger partial charge in [-0.2, -0.15) is 0 Å². The second kappa shape index (κ2) is 8.07. The number of ether oxygens (including phenoxy) is 1. The molecule has 0 saturated carbocycles. The Morgan fingerprint density at radius 2 is 2.07 bits per heavy atom. The lowest BCUT2D eigenvalue weighted by Crippen LogP contribution is -2.33. The van der Waals surface area contributed by atoms with E-state index in [1.54, 1.807) is 0 Å². The highest BCUT2D eigenvalue weighted by atomic mass is 16.6. The number of hydrogen-bond acceptors (Lipinski definition) is 9. The number of aliphatic carboxylic acids is 1. The first-order valence-electron chi connectivity index (χ1n) is 8.72. The van der Waals surface area contributed by atoms with E-state index in [2.05, 4.69) is 20.9 Å². The normalized spacial score (nSPS) is 26.8. The summed E-state index contributed by atoms with van der Waals surface area (Å²) in [6.07, 6.45) is 4.88. The van der Waals surface area contributed by atoms with Crippen LogP contribution in [0.3, 0.4) is 0 Å². The standard InChI is InChI=1S/C17H22N6O5/c1-2-8(3-4-9(18)17(26)27)5-10-12(24)13(25)16(28-10)23-7-22-11-14(19)20-6-21-15(11)23/h1,6-10,12-13,16,24-25H,3-5,18H2,(H,26,27)(H2,19,20,21)/t8-,9-,10+,12+,13+,16+/m0/s1. The molecule has 11 nitrogen and oxygen atoms in total. The largest absolute Gasteiger partial charge is 0.480 e. The van der Waals surface area contributed by atoms with Crippen LogP contribution in [-0.2, 0) is 9.53 Å². The molecule has 3 heterocycles. The number of terminal acetylenes is 1. The molecular formula is C17H22N6O5. The molecule has 0 radical (unpaired) electrons. The van der Waals surface area contributed by atoms with Gasteiger partial charge in [0, 0.05) is 5.92 Å². The van der Waals surface area contributed by atoms with Gasteiger partial charge in [-0.3, -0.25) is 9.36 Å². The predicted octanol–water partition coefficient (Wildman–Crippen LogP) is -1.14. The Balaban J connectivity index is 1.72. The fourth-order valence-corrected chi connectivity index (χ4v) is 3.26. The highest BCUT2D eigenvalue weighted by Crippen LogP contribution is 2.35. The number of carboxylic acids is 1. The Bertz CT molecular complexity index is 896. The lowest BCUT2D eigenvalue weighted by Gasteiger charge is -2.19. The van der Waals surface area contributed by atoms with E-state index in [4.69, 9.17) is 27.7 Å². The van der Waals surface area contributed by atoms with Crippen molar-refractivity contribution in [3.05, 3.63) is 12.7 Å². The number of carboxylic acid groups (broad SMARTS) is 1. The molecule has 11 heteroatoms. The van der Waals surface area contributed by atoms with Crippen LogP contribution in [0.4, 0.5) is 5.82 Å². The average molecular weight is 390 g/mol. The lowest BCUT2D eigenvalue weighted by molar-refractivity contribution is -0.138. The molecule has 0 unspecified atom stereocenters. The molecule has 7 N–H and O–H groups in total. The quantitative estimate of drug-likeness (QED) is 0.362. The third-order valence-electron chi connectivity index (χ3n) is 4.89.